The predicted molar refractivity (Wildman–Crippen MR) is 111 cm³/mol. The molecule has 0 aromatic carbocycles. The molecule has 2 aliphatic heterocycles. The highest BCUT2D eigenvalue weighted by Crippen LogP contribution is 2.32. The summed E-state index contributed by atoms with van der Waals surface area (Å²) in [5.41, 5.74) is 20.9. The summed E-state index contributed by atoms with van der Waals surface area (Å²) in [5, 5.41) is 79.6. The Labute approximate surface area is 199 Å². The van der Waals surface area contributed by atoms with Crippen molar-refractivity contribution in [3.63, 3.8) is 0 Å². The van der Waals surface area contributed by atoms with Crippen molar-refractivity contribution in [2.75, 3.05) is 19.8 Å². The highest BCUT2D eigenvalue weighted by molar-refractivity contribution is 5.58. The molecule has 0 unspecified atom stereocenters. The third kappa shape index (κ3) is 6.30. The van der Waals surface area contributed by atoms with Gasteiger partial charge in [-0.2, -0.15) is 0 Å². The zero-order valence-corrected chi connectivity index (χ0v) is 18.6. The molecule has 0 aliphatic carbocycles. The van der Waals surface area contributed by atoms with Crippen molar-refractivity contribution in [3.05, 3.63) is 0 Å². The van der Waals surface area contributed by atoms with Gasteiger partial charge in [0.1, 0.15) is 66.9 Å². The van der Waals surface area contributed by atoms with Crippen LogP contribution in [0.4, 0.5) is 0 Å². The number of nitrogens with two attached hydrogens (primary N) is 4. The van der Waals surface area contributed by atoms with E-state index >= 15 is 0 Å². The van der Waals surface area contributed by atoms with Gasteiger partial charge in [-0.1, -0.05) is 0 Å². The van der Waals surface area contributed by atoms with E-state index in [0.717, 1.165) is 0 Å². The molecule has 0 bridgehead atoms. The van der Waals surface area contributed by atoms with E-state index in [2.05, 4.69) is 0 Å². The van der Waals surface area contributed by atoms with Gasteiger partial charge < -0.3 is 87.5 Å². The van der Waals surface area contributed by atoms with Gasteiger partial charge in [0.25, 0.3) is 0 Å². The molecule has 2 fully saturated rings. The first-order chi connectivity index (χ1) is 16.3. The molecule has 0 saturated carbocycles. The van der Waals surface area contributed by atoms with E-state index in [0.29, 0.717) is 0 Å². The van der Waals surface area contributed by atoms with Crippen LogP contribution in [0, 0.1) is 0 Å². The number of aliphatic hydroxyl groups excluding tert-OH is 8. The summed E-state index contributed by atoms with van der Waals surface area (Å²) in [6.07, 6.45) is -17.9. The van der Waals surface area contributed by atoms with Gasteiger partial charge in [-0.3, -0.25) is 0 Å². The zero-order valence-electron chi connectivity index (χ0n) is 18.6. The van der Waals surface area contributed by atoms with Crippen LogP contribution in [-0.4, -0.2) is 152 Å². The highest BCUT2D eigenvalue weighted by atomic mass is 16.7. The fourth-order valence-corrected chi connectivity index (χ4v) is 3.77. The van der Waals surface area contributed by atoms with Crippen LogP contribution in [0.25, 0.3) is 0 Å². The monoisotopic (exact) mass is 516 g/mol. The van der Waals surface area contributed by atoms with E-state index < -0.39 is 105 Å². The Bertz CT molecular complexity index is 676. The van der Waals surface area contributed by atoms with Gasteiger partial charge >= 0.3 is 0 Å². The van der Waals surface area contributed by atoms with Crippen LogP contribution in [-0.2, 0) is 23.7 Å². The van der Waals surface area contributed by atoms with Gasteiger partial charge in [0, 0.05) is 0 Å². The molecule has 0 amide bonds. The molecule has 0 spiro atoms. The Balaban J connectivity index is 2.25. The first kappa shape index (κ1) is 30.3. The smallest absolute Gasteiger partial charge is 0.192 e. The van der Waals surface area contributed by atoms with Gasteiger partial charge in [0.2, 0.25) is 0 Å². The minimum atomic E-state index is -2.36. The second kappa shape index (κ2) is 12.5. The SMILES string of the molecule is N[C@H]1[C@H](O[C@@H]2[C@@H](CO)O[C@@H](O[C@@H]([C@H](O)[C@@H](N)C=O)[C@H](O)CO)C(N)(N)[C@H]2O)O[C@H](CO)[C@@H](O)[C@@H]1O. The maximum atomic E-state index is 11.0. The summed E-state index contributed by atoms with van der Waals surface area (Å²) in [7, 11) is 0. The van der Waals surface area contributed by atoms with Gasteiger partial charge in [0.15, 0.2) is 12.6 Å². The van der Waals surface area contributed by atoms with E-state index in [1.54, 1.807) is 0 Å². The Morgan fingerprint density at radius 2 is 1.60 bits per heavy atom. The molecule has 0 radical (unpaired) electrons. The summed E-state index contributed by atoms with van der Waals surface area (Å²) >= 11 is 0. The lowest BCUT2D eigenvalue weighted by molar-refractivity contribution is -0.352. The molecule has 206 valence electrons. The summed E-state index contributed by atoms with van der Waals surface area (Å²) < 4.78 is 21.8. The van der Waals surface area contributed by atoms with Gasteiger partial charge in [-0.15, -0.1) is 0 Å². The van der Waals surface area contributed by atoms with Crippen molar-refractivity contribution >= 4 is 6.29 Å². The average molecular weight is 517 g/mol. The van der Waals surface area contributed by atoms with E-state index in [4.69, 9.17) is 41.9 Å². The maximum absolute atomic E-state index is 11.0. The van der Waals surface area contributed by atoms with Crippen molar-refractivity contribution in [1.29, 1.82) is 0 Å². The number of hydrogen-bond acceptors (Lipinski definition) is 17. The number of carbonyl (C=O) groups is 1. The molecular weight excluding hydrogens is 480 g/mol. The van der Waals surface area contributed by atoms with Crippen molar-refractivity contribution in [3.8, 4) is 0 Å². The van der Waals surface area contributed by atoms with Crippen LogP contribution in [0.15, 0.2) is 0 Å². The summed E-state index contributed by atoms with van der Waals surface area (Å²) in [4.78, 5) is 11.0. The Morgan fingerprint density at radius 1 is 1.00 bits per heavy atom. The van der Waals surface area contributed by atoms with Gasteiger partial charge in [-0.05, 0) is 0 Å². The van der Waals surface area contributed by atoms with Crippen LogP contribution in [0.1, 0.15) is 0 Å². The molecule has 35 heavy (non-hydrogen) atoms. The second-order valence-electron chi connectivity index (χ2n) is 8.57. The van der Waals surface area contributed by atoms with E-state index in [1.807, 2.05) is 0 Å². The molecule has 17 nitrogen and oxygen atoms in total. The normalized spacial score (nSPS) is 41.1. The fraction of sp³-hybridized carbons (Fsp3) is 0.944. The standard InChI is InChI=1S/C18H36N4O13/c19-5(1-23)10(28)13(6(27)2-24)35-17-18(21,22)15(31)14(8(4-26)33-17)34-16-9(20)12(30)11(29)7(3-25)32-16/h1,5-17,24-31H,2-4,19-22H2/t5-,6+,7+,8+,9+,10+,11+,12+,13+,14+,15-,16-,17-/m0/s1. The van der Waals surface area contributed by atoms with E-state index in [9.17, 15) is 45.6 Å². The second-order valence-corrected chi connectivity index (χ2v) is 8.57. The molecule has 16 N–H and O–H groups in total. The van der Waals surface area contributed by atoms with Crippen molar-refractivity contribution < 1.29 is 64.6 Å². The average Bonchev–Trinajstić information content (AvgIpc) is 2.84. The Kier molecular flexibility index (Phi) is 10.8. The first-order valence-electron chi connectivity index (χ1n) is 10.7. The summed E-state index contributed by atoms with van der Waals surface area (Å²) in [5.74, 6) is 0. The van der Waals surface area contributed by atoms with E-state index in [1.165, 1.54) is 0 Å². The molecule has 13 atom stereocenters. The predicted octanol–water partition coefficient (Wildman–Crippen LogP) is -8.54. The molecule has 2 saturated heterocycles. The zero-order chi connectivity index (χ0) is 26.7. The van der Waals surface area contributed by atoms with Gasteiger partial charge in [-0.25, -0.2) is 0 Å². The lowest BCUT2D eigenvalue weighted by Crippen LogP contribution is -2.78. The van der Waals surface area contributed by atoms with Crippen molar-refractivity contribution in [2.24, 2.45) is 22.9 Å². The van der Waals surface area contributed by atoms with Crippen molar-refractivity contribution in [1.82, 2.24) is 0 Å². The molecule has 2 heterocycles. The van der Waals surface area contributed by atoms with Crippen molar-refractivity contribution in [2.45, 2.75) is 85.3 Å². The lowest BCUT2D eigenvalue weighted by atomic mass is 9.91. The Morgan fingerprint density at radius 3 is 2.11 bits per heavy atom. The number of hydrogen-bond donors (Lipinski definition) is 12. The molecular formula is C18H36N4O13. The third-order valence-electron chi connectivity index (χ3n) is 6.03. The Hall–Kier alpha value is -0.970. The molecule has 0 aromatic heterocycles. The topological polar surface area (TPSA) is 320 Å². The largest absolute Gasteiger partial charge is 0.394 e. The van der Waals surface area contributed by atoms with Crippen LogP contribution >= 0.6 is 0 Å². The minimum absolute atomic E-state index is 0.165. The summed E-state index contributed by atoms with van der Waals surface area (Å²) in [6, 6.07) is -2.90. The number of carbonyl (C=O) groups excluding carboxylic acids is 1. The minimum Gasteiger partial charge on any atom is -0.394 e. The third-order valence-corrected chi connectivity index (χ3v) is 6.03. The lowest BCUT2D eigenvalue weighted by Gasteiger charge is -2.51. The first-order valence-corrected chi connectivity index (χ1v) is 10.7. The van der Waals surface area contributed by atoms with Crippen LogP contribution < -0.4 is 22.9 Å². The number of rotatable bonds is 11. The van der Waals surface area contributed by atoms with Crippen LogP contribution in [0.3, 0.4) is 0 Å². The number of aliphatic hydroxyl groups is 8. The summed E-state index contributed by atoms with van der Waals surface area (Å²) in [6.45, 7) is -2.46. The molecule has 0 aromatic rings. The van der Waals surface area contributed by atoms with Crippen LogP contribution in [0.5, 0.6) is 0 Å². The fourth-order valence-electron chi connectivity index (χ4n) is 3.77. The van der Waals surface area contributed by atoms with E-state index in [-0.39, 0.29) is 6.29 Å². The number of ether oxygens (including phenoxy) is 4. The molecule has 2 aliphatic rings. The molecule has 17 heteroatoms. The molecule has 2 rings (SSSR count). The van der Waals surface area contributed by atoms with Gasteiger partial charge in [0.05, 0.1) is 31.9 Å². The maximum Gasteiger partial charge on any atom is 0.192 e. The highest BCUT2D eigenvalue weighted by Gasteiger charge is 2.56. The quantitative estimate of drug-likeness (QED) is 0.0895. The van der Waals surface area contributed by atoms with Crippen LogP contribution in [0.2, 0.25) is 0 Å². The number of aldehydes is 1.